The van der Waals surface area contributed by atoms with Crippen molar-refractivity contribution in [2.24, 2.45) is 0 Å². The van der Waals surface area contributed by atoms with E-state index in [1.165, 1.54) is 16.9 Å². The molecule has 0 radical (unpaired) electrons. The van der Waals surface area contributed by atoms with Gasteiger partial charge >= 0.3 is 0 Å². The molecule has 4 rings (SSSR count). The van der Waals surface area contributed by atoms with Crippen LogP contribution in [0.1, 0.15) is 40.0 Å². The topological polar surface area (TPSA) is 72.1 Å². The third-order valence-electron chi connectivity index (χ3n) is 5.36. The molecule has 1 aromatic carbocycles. The van der Waals surface area contributed by atoms with Crippen molar-refractivity contribution in [1.29, 1.82) is 0 Å². The number of carbonyl (C=O) groups is 1. The van der Waals surface area contributed by atoms with Crippen LogP contribution in [0.15, 0.2) is 54.2 Å². The molecule has 3 aromatic rings. The Labute approximate surface area is 162 Å². The van der Waals surface area contributed by atoms with E-state index in [1.807, 2.05) is 24.0 Å². The molecule has 0 aliphatic carbocycles. The summed E-state index contributed by atoms with van der Waals surface area (Å²) in [5.74, 6) is 0.0469. The van der Waals surface area contributed by atoms with E-state index in [2.05, 4.69) is 39.6 Å². The minimum absolute atomic E-state index is 0.0469. The summed E-state index contributed by atoms with van der Waals surface area (Å²) < 4.78 is 0. The Kier molecular flexibility index (Phi) is 4.66. The van der Waals surface area contributed by atoms with Crippen molar-refractivity contribution in [2.45, 2.75) is 25.2 Å². The number of amides is 1. The lowest BCUT2D eigenvalue weighted by Gasteiger charge is -2.41. The molecule has 2 N–H and O–H groups in total. The van der Waals surface area contributed by atoms with Gasteiger partial charge in [-0.15, -0.1) is 11.3 Å². The van der Waals surface area contributed by atoms with Crippen LogP contribution >= 0.6 is 11.3 Å². The highest BCUT2D eigenvalue weighted by Gasteiger charge is 2.40. The van der Waals surface area contributed by atoms with Gasteiger partial charge in [-0.3, -0.25) is 9.78 Å². The molecule has 0 bridgehead atoms. The lowest BCUT2D eigenvalue weighted by molar-refractivity contribution is 0.0683. The normalized spacial score (nSPS) is 16.3. The highest BCUT2D eigenvalue weighted by molar-refractivity contribution is 7.13. The van der Waals surface area contributed by atoms with Crippen LogP contribution in [0.2, 0.25) is 0 Å². The van der Waals surface area contributed by atoms with E-state index < -0.39 is 0 Å². The van der Waals surface area contributed by atoms with Gasteiger partial charge in [-0.1, -0.05) is 30.3 Å². The molecular weight excluding hydrogens is 356 g/mol. The average Bonchev–Trinajstić information content (AvgIpc) is 3.15. The maximum Gasteiger partial charge on any atom is 0.255 e. The van der Waals surface area contributed by atoms with Crippen LogP contribution in [0.5, 0.6) is 0 Å². The third-order valence-corrected chi connectivity index (χ3v) is 6.04. The van der Waals surface area contributed by atoms with Crippen LogP contribution in [0.3, 0.4) is 0 Å². The summed E-state index contributed by atoms with van der Waals surface area (Å²) in [6, 6.07) is 12.3. The van der Waals surface area contributed by atoms with Gasteiger partial charge in [0.05, 0.1) is 11.3 Å². The smallest absolute Gasteiger partial charge is 0.255 e. The molecular formula is C21H22N4OS. The van der Waals surface area contributed by atoms with Crippen LogP contribution in [0.4, 0.5) is 5.13 Å². The summed E-state index contributed by atoms with van der Waals surface area (Å²) in [6.45, 7) is 3.31. The number of rotatable bonds is 3. The number of carbonyl (C=O) groups excluding carboxylic acids is 1. The van der Waals surface area contributed by atoms with Crippen molar-refractivity contribution in [3.8, 4) is 0 Å². The minimum Gasteiger partial charge on any atom is -0.375 e. The van der Waals surface area contributed by atoms with Crippen molar-refractivity contribution in [2.75, 3.05) is 18.8 Å². The summed E-state index contributed by atoms with van der Waals surface area (Å²) in [7, 11) is 0. The van der Waals surface area contributed by atoms with E-state index in [-0.39, 0.29) is 11.3 Å². The van der Waals surface area contributed by atoms with E-state index in [0.717, 1.165) is 24.1 Å². The first-order valence-corrected chi connectivity index (χ1v) is 9.94. The second-order valence-electron chi connectivity index (χ2n) is 7.06. The number of anilines is 1. The fourth-order valence-electron chi connectivity index (χ4n) is 3.90. The zero-order valence-electron chi connectivity index (χ0n) is 15.3. The lowest BCUT2D eigenvalue weighted by Crippen LogP contribution is -2.46. The molecule has 0 spiro atoms. The highest BCUT2D eigenvalue weighted by Crippen LogP contribution is 2.42. The average molecular weight is 379 g/mol. The molecule has 2 aromatic heterocycles. The SMILES string of the molecule is Cc1cncc(C(=O)N2CCC(c3ccccc3)(c3csc(N)n3)CC2)c1. The molecule has 0 unspecified atom stereocenters. The maximum atomic E-state index is 12.9. The van der Waals surface area contributed by atoms with Crippen LogP contribution in [0, 0.1) is 6.92 Å². The molecule has 1 amide bonds. The largest absolute Gasteiger partial charge is 0.375 e. The van der Waals surface area contributed by atoms with Gasteiger partial charge in [-0.05, 0) is 37.0 Å². The summed E-state index contributed by atoms with van der Waals surface area (Å²) >= 11 is 1.47. The van der Waals surface area contributed by atoms with Crippen molar-refractivity contribution >= 4 is 22.4 Å². The predicted molar refractivity (Wildman–Crippen MR) is 108 cm³/mol. The van der Waals surface area contributed by atoms with E-state index >= 15 is 0 Å². The second-order valence-corrected chi connectivity index (χ2v) is 7.95. The fourth-order valence-corrected chi connectivity index (χ4v) is 4.57. The van der Waals surface area contributed by atoms with Crippen LogP contribution in [-0.4, -0.2) is 33.9 Å². The monoisotopic (exact) mass is 378 g/mol. The Morgan fingerprint density at radius 2 is 1.93 bits per heavy atom. The Morgan fingerprint density at radius 3 is 2.56 bits per heavy atom. The number of hydrogen-bond donors (Lipinski definition) is 1. The number of pyridine rings is 1. The van der Waals surface area contributed by atoms with E-state index in [0.29, 0.717) is 23.8 Å². The summed E-state index contributed by atoms with van der Waals surface area (Å²) in [5, 5.41) is 2.65. The van der Waals surface area contributed by atoms with Gasteiger partial charge in [0.1, 0.15) is 0 Å². The number of benzene rings is 1. The first-order valence-electron chi connectivity index (χ1n) is 9.06. The molecule has 1 aliphatic heterocycles. The number of likely N-dealkylation sites (tertiary alicyclic amines) is 1. The van der Waals surface area contributed by atoms with Crippen LogP contribution < -0.4 is 5.73 Å². The zero-order chi connectivity index (χ0) is 18.9. The molecule has 27 heavy (non-hydrogen) atoms. The molecule has 1 saturated heterocycles. The van der Waals surface area contributed by atoms with E-state index in [1.54, 1.807) is 12.4 Å². The van der Waals surface area contributed by atoms with Crippen molar-refractivity contribution in [1.82, 2.24) is 14.9 Å². The van der Waals surface area contributed by atoms with Crippen LogP contribution in [0.25, 0.3) is 0 Å². The standard InChI is InChI=1S/C21H22N4OS/c1-15-11-16(13-23-12-15)19(26)25-9-7-21(8-10-25,17-5-3-2-4-6-17)18-14-27-20(22)24-18/h2-6,11-14H,7-10H2,1H3,(H2,22,24). The zero-order valence-corrected chi connectivity index (χ0v) is 16.1. The first kappa shape index (κ1) is 17.7. The van der Waals surface area contributed by atoms with Gasteiger partial charge in [-0.25, -0.2) is 4.98 Å². The van der Waals surface area contributed by atoms with Gasteiger partial charge in [-0.2, -0.15) is 0 Å². The fraction of sp³-hybridized carbons (Fsp3) is 0.286. The van der Waals surface area contributed by atoms with Crippen molar-refractivity contribution < 1.29 is 4.79 Å². The van der Waals surface area contributed by atoms with Gasteiger partial charge in [0.25, 0.3) is 5.91 Å². The number of aryl methyl sites for hydroxylation is 1. The highest BCUT2D eigenvalue weighted by atomic mass is 32.1. The Hall–Kier alpha value is -2.73. The Morgan fingerprint density at radius 1 is 1.19 bits per heavy atom. The molecule has 0 atom stereocenters. The predicted octanol–water partition coefficient (Wildman–Crippen LogP) is 3.65. The van der Waals surface area contributed by atoms with Gasteiger partial charge in [0.2, 0.25) is 0 Å². The summed E-state index contributed by atoms with van der Waals surface area (Å²) in [5.41, 5.74) is 9.62. The van der Waals surface area contributed by atoms with Crippen molar-refractivity contribution in [3.63, 3.8) is 0 Å². The number of piperidine rings is 1. The number of hydrogen-bond acceptors (Lipinski definition) is 5. The molecule has 1 aliphatic rings. The molecule has 3 heterocycles. The van der Waals surface area contributed by atoms with Gasteiger partial charge < -0.3 is 10.6 Å². The van der Waals surface area contributed by atoms with E-state index in [9.17, 15) is 4.79 Å². The number of nitrogens with two attached hydrogens (primary N) is 1. The van der Waals surface area contributed by atoms with Crippen molar-refractivity contribution in [3.05, 3.63) is 76.6 Å². The third kappa shape index (κ3) is 3.32. The van der Waals surface area contributed by atoms with E-state index in [4.69, 9.17) is 5.73 Å². The number of aromatic nitrogens is 2. The second kappa shape index (κ2) is 7.12. The molecule has 138 valence electrons. The van der Waals surface area contributed by atoms with Gasteiger partial charge in [0, 0.05) is 36.3 Å². The van der Waals surface area contributed by atoms with Gasteiger partial charge in [0.15, 0.2) is 5.13 Å². The molecule has 0 saturated carbocycles. The summed E-state index contributed by atoms with van der Waals surface area (Å²) in [6.07, 6.45) is 5.06. The Bertz CT molecular complexity index is 946. The maximum absolute atomic E-state index is 12.9. The molecule has 1 fully saturated rings. The number of thiazole rings is 1. The molecule has 5 nitrogen and oxygen atoms in total. The quantitative estimate of drug-likeness (QED) is 0.755. The Balaban J connectivity index is 1.61. The van der Waals surface area contributed by atoms with Crippen LogP contribution in [-0.2, 0) is 5.41 Å². The molecule has 6 heteroatoms. The minimum atomic E-state index is -0.197. The number of nitrogens with zero attached hydrogens (tertiary/aromatic N) is 3. The lowest BCUT2D eigenvalue weighted by atomic mass is 9.70. The first-order chi connectivity index (χ1) is 13.1. The number of nitrogen functional groups attached to an aromatic ring is 1. The summed E-state index contributed by atoms with van der Waals surface area (Å²) in [4.78, 5) is 23.6.